The summed E-state index contributed by atoms with van der Waals surface area (Å²) in [7, 11) is 0. The fourth-order valence-corrected chi connectivity index (χ4v) is 1.97. The fraction of sp³-hybridized carbons (Fsp3) is 0.357. The predicted octanol–water partition coefficient (Wildman–Crippen LogP) is 3.81. The van der Waals surface area contributed by atoms with Gasteiger partial charge in [0, 0.05) is 24.0 Å². The van der Waals surface area contributed by atoms with Crippen LogP contribution in [0.2, 0.25) is 0 Å². The molecule has 0 aliphatic heterocycles. The Hall–Kier alpha value is -1.98. The highest BCUT2D eigenvalue weighted by Crippen LogP contribution is 2.36. The summed E-state index contributed by atoms with van der Waals surface area (Å²) in [5.41, 5.74) is 5.41. The lowest BCUT2D eigenvalue weighted by atomic mass is 10.0. The minimum absolute atomic E-state index is 0.268. The van der Waals surface area contributed by atoms with E-state index in [9.17, 15) is 13.2 Å². The SMILES string of the molecule is CC(C)Cn1cc(-c2ccc(N)c(C(F)(F)F)c2)cn1. The zero-order chi connectivity index (χ0) is 14.9. The van der Waals surface area contributed by atoms with Gasteiger partial charge in [-0.3, -0.25) is 4.68 Å². The molecule has 0 aliphatic rings. The van der Waals surface area contributed by atoms with Gasteiger partial charge in [0.2, 0.25) is 0 Å². The molecule has 0 aliphatic carbocycles. The van der Waals surface area contributed by atoms with E-state index in [1.54, 1.807) is 23.1 Å². The van der Waals surface area contributed by atoms with E-state index in [1.165, 1.54) is 6.07 Å². The average molecular weight is 283 g/mol. The highest BCUT2D eigenvalue weighted by atomic mass is 19.4. The Morgan fingerprint density at radius 3 is 2.55 bits per heavy atom. The van der Waals surface area contributed by atoms with Gasteiger partial charge < -0.3 is 5.73 Å². The van der Waals surface area contributed by atoms with E-state index < -0.39 is 11.7 Å². The van der Waals surface area contributed by atoms with Crippen molar-refractivity contribution in [2.45, 2.75) is 26.6 Å². The molecular weight excluding hydrogens is 267 g/mol. The molecular formula is C14H16F3N3. The molecule has 2 aromatic rings. The van der Waals surface area contributed by atoms with Crippen molar-refractivity contribution in [3.63, 3.8) is 0 Å². The first-order valence-electron chi connectivity index (χ1n) is 6.27. The molecule has 0 amide bonds. The van der Waals surface area contributed by atoms with Crippen LogP contribution in [0.15, 0.2) is 30.6 Å². The standard InChI is InChI=1S/C14H16F3N3/c1-9(2)7-20-8-11(6-19-20)10-3-4-13(18)12(5-10)14(15,16)17/h3-6,8-9H,7,18H2,1-2H3. The molecule has 0 saturated heterocycles. The summed E-state index contributed by atoms with van der Waals surface area (Å²) in [6.07, 6.45) is -1.15. The van der Waals surface area contributed by atoms with Crippen LogP contribution in [0.1, 0.15) is 19.4 Å². The first-order chi connectivity index (χ1) is 9.27. The molecule has 1 heterocycles. The van der Waals surface area contributed by atoms with Crippen molar-refractivity contribution in [2.24, 2.45) is 5.92 Å². The minimum Gasteiger partial charge on any atom is -0.398 e. The Morgan fingerprint density at radius 1 is 1.25 bits per heavy atom. The highest BCUT2D eigenvalue weighted by molar-refractivity contribution is 5.67. The van der Waals surface area contributed by atoms with Crippen molar-refractivity contribution in [3.8, 4) is 11.1 Å². The van der Waals surface area contributed by atoms with Crippen molar-refractivity contribution in [3.05, 3.63) is 36.2 Å². The van der Waals surface area contributed by atoms with Gasteiger partial charge >= 0.3 is 6.18 Å². The molecule has 3 nitrogen and oxygen atoms in total. The number of nitrogen functional groups attached to an aromatic ring is 1. The van der Waals surface area contributed by atoms with Crippen LogP contribution in [-0.4, -0.2) is 9.78 Å². The summed E-state index contributed by atoms with van der Waals surface area (Å²) in [5, 5.41) is 4.15. The van der Waals surface area contributed by atoms with E-state index in [-0.39, 0.29) is 5.69 Å². The lowest BCUT2D eigenvalue weighted by molar-refractivity contribution is -0.136. The second-order valence-electron chi connectivity index (χ2n) is 5.14. The number of alkyl halides is 3. The summed E-state index contributed by atoms with van der Waals surface area (Å²) in [6, 6.07) is 3.91. The van der Waals surface area contributed by atoms with Crippen LogP contribution >= 0.6 is 0 Å². The van der Waals surface area contributed by atoms with Crippen molar-refractivity contribution in [2.75, 3.05) is 5.73 Å². The van der Waals surface area contributed by atoms with Crippen LogP contribution in [-0.2, 0) is 12.7 Å². The molecule has 0 saturated carbocycles. The predicted molar refractivity (Wildman–Crippen MR) is 71.9 cm³/mol. The number of anilines is 1. The third-order valence-electron chi connectivity index (χ3n) is 2.88. The van der Waals surface area contributed by atoms with Gasteiger partial charge in [0.15, 0.2) is 0 Å². The number of benzene rings is 1. The molecule has 0 fully saturated rings. The van der Waals surface area contributed by atoms with Crippen LogP contribution in [0.4, 0.5) is 18.9 Å². The first kappa shape index (κ1) is 14.4. The van der Waals surface area contributed by atoms with Gasteiger partial charge in [0.25, 0.3) is 0 Å². The van der Waals surface area contributed by atoms with Crippen LogP contribution in [0.3, 0.4) is 0 Å². The zero-order valence-corrected chi connectivity index (χ0v) is 11.3. The molecule has 6 heteroatoms. The van der Waals surface area contributed by atoms with Crippen LogP contribution in [0, 0.1) is 5.92 Å². The molecule has 0 unspecified atom stereocenters. The Labute approximate surface area is 115 Å². The van der Waals surface area contributed by atoms with E-state index in [4.69, 9.17) is 5.73 Å². The molecule has 108 valence electrons. The largest absolute Gasteiger partial charge is 0.418 e. The maximum Gasteiger partial charge on any atom is 0.418 e. The number of hydrogen-bond donors (Lipinski definition) is 1. The van der Waals surface area contributed by atoms with E-state index in [1.807, 2.05) is 13.8 Å². The third kappa shape index (κ3) is 3.12. The second-order valence-corrected chi connectivity index (χ2v) is 5.14. The molecule has 20 heavy (non-hydrogen) atoms. The van der Waals surface area contributed by atoms with Gasteiger partial charge in [-0.05, 0) is 23.6 Å². The maximum atomic E-state index is 12.8. The lowest BCUT2D eigenvalue weighted by Gasteiger charge is -2.11. The molecule has 2 rings (SSSR count). The average Bonchev–Trinajstić information content (AvgIpc) is 2.75. The maximum absolute atomic E-state index is 12.8. The van der Waals surface area contributed by atoms with E-state index in [0.29, 0.717) is 17.0 Å². The number of aromatic nitrogens is 2. The van der Waals surface area contributed by atoms with Gasteiger partial charge in [-0.2, -0.15) is 18.3 Å². The summed E-state index contributed by atoms with van der Waals surface area (Å²) in [6.45, 7) is 4.82. The molecule has 1 aromatic carbocycles. The van der Waals surface area contributed by atoms with Gasteiger partial charge in [-0.25, -0.2) is 0 Å². The summed E-state index contributed by atoms with van der Waals surface area (Å²) >= 11 is 0. The summed E-state index contributed by atoms with van der Waals surface area (Å²) in [5.74, 6) is 0.417. The van der Waals surface area contributed by atoms with Crippen LogP contribution < -0.4 is 5.73 Å². The van der Waals surface area contributed by atoms with Crippen molar-refractivity contribution in [1.29, 1.82) is 0 Å². The number of nitrogens with two attached hydrogens (primary N) is 1. The number of nitrogens with zero attached hydrogens (tertiary/aromatic N) is 2. The second kappa shape index (κ2) is 5.19. The normalized spacial score (nSPS) is 12.1. The fourth-order valence-electron chi connectivity index (χ4n) is 1.97. The Morgan fingerprint density at radius 2 is 1.95 bits per heavy atom. The van der Waals surface area contributed by atoms with Crippen molar-refractivity contribution < 1.29 is 13.2 Å². The smallest absolute Gasteiger partial charge is 0.398 e. The topological polar surface area (TPSA) is 43.8 Å². The molecule has 2 N–H and O–H groups in total. The van der Waals surface area contributed by atoms with Crippen LogP contribution in [0.5, 0.6) is 0 Å². The van der Waals surface area contributed by atoms with Crippen molar-refractivity contribution in [1.82, 2.24) is 9.78 Å². The Balaban J connectivity index is 2.36. The minimum atomic E-state index is -4.45. The van der Waals surface area contributed by atoms with Gasteiger partial charge in [0.05, 0.1) is 11.8 Å². The molecule has 0 radical (unpaired) electrons. The van der Waals surface area contributed by atoms with Gasteiger partial charge in [-0.1, -0.05) is 19.9 Å². The summed E-state index contributed by atoms with van der Waals surface area (Å²) in [4.78, 5) is 0. The molecule has 0 spiro atoms. The first-order valence-corrected chi connectivity index (χ1v) is 6.27. The monoisotopic (exact) mass is 283 g/mol. The zero-order valence-electron chi connectivity index (χ0n) is 11.3. The highest BCUT2D eigenvalue weighted by Gasteiger charge is 2.33. The summed E-state index contributed by atoms with van der Waals surface area (Å²) < 4.78 is 40.2. The molecule has 0 bridgehead atoms. The molecule has 0 atom stereocenters. The third-order valence-corrected chi connectivity index (χ3v) is 2.88. The van der Waals surface area contributed by atoms with E-state index in [2.05, 4.69) is 5.10 Å². The Bertz CT molecular complexity index is 600. The lowest BCUT2D eigenvalue weighted by Crippen LogP contribution is -2.08. The number of halogens is 3. The van der Waals surface area contributed by atoms with Crippen LogP contribution in [0.25, 0.3) is 11.1 Å². The van der Waals surface area contributed by atoms with E-state index in [0.717, 1.165) is 12.6 Å². The number of rotatable bonds is 3. The quantitative estimate of drug-likeness (QED) is 0.870. The Kier molecular flexibility index (Phi) is 3.74. The van der Waals surface area contributed by atoms with E-state index >= 15 is 0 Å². The number of hydrogen-bond acceptors (Lipinski definition) is 2. The van der Waals surface area contributed by atoms with Crippen molar-refractivity contribution >= 4 is 5.69 Å². The van der Waals surface area contributed by atoms with Gasteiger partial charge in [-0.15, -0.1) is 0 Å². The molecule has 1 aromatic heterocycles. The van der Waals surface area contributed by atoms with Gasteiger partial charge in [0.1, 0.15) is 0 Å².